The van der Waals surface area contributed by atoms with Gasteiger partial charge in [0.15, 0.2) is 0 Å². The number of carbonyl (C=O) groups is 1. The Kier molecular flexibility index (Phi) is 4.33. The summed E-state index contributed by atoms with van der Waals surface area (Å²) in [5.74, 6) is -0.155. The molecule has 1 aliphatic heterocycles. The Hall–Kier alpha value is -1.55. The van der Waals surface area contributed by atoms with E-state index >= 15 is 0 Å². The molecule has 0 aromatic heterocycles. The molecule has 0 unspecified atom stereocenters. The zero-order chi connectivity index (χ0) is 14.8. The zero-order valence-electron chi connectivity index (χ0n) is 12.3. The highest BCUT2D eigenvalue weighted by molar-refractivity contribution is 5.73. The average molecular weight is 276 g/mol. The number of nitrogens with two attached hydrogens (primary N) is 1. The molecule has 1 aromatic carbocycles. The van der Waals surface area contributed by atoms with Crippen LogP contribution in [0.15, 0.2) is 24.3 Å². The Morgan fingerprint density at radius 3 is 2.35 bits per heavy atom. The minimum atomic E-state index is -0.724. The van der Waals surface area contributed by atoms with Crippen molar-refractivity contribution < 1.29 is 9.90 Å². The van der Waals surface area contributed by atoms with Gasteiger partial charge in [-0.2, -0.15) is 0 Å². The number of carboxylic acid groups (broad SMARTS) is 1. The number of benzene rings is 1. The highest BCUT2D eigenvalue weighted by Gasteiger charge is 2.31. The molecule has 4 nitrogen and oxygen atoms in total. The summed E-state index contributed by atoms with van der Waals surface area (Å²) in [6, 6.07) is 8.12. The van der Waals surface area contributed by atoms with Gasteiger partial charge in [-0.05, 0) is 63.4 Å². The standard InChI is InChI=1S/C16H24N2O2/c1-16(2,15(19)20)11-18-9-7-13(8-10-18)12-3-5-14(17)6-4-12/h3-6,13H,7-11,17H2,1-2H3,(H,19,20). The van der Waals surface area contributed by atoms with Gasteiger partial charge in [0.25, 0.3) is 0 Å². The van der Waals surface area contributed by atoms with Crippen LogP contribution in [-0.4, -0.2) is 35.6 Å². The number of rotatable bonds is 4. The van der Waals surface area contributed by atoms with E-state index in [0.29, 0.717) is 12.5 Å². The third kappa shape index (κ3) is 3.51. The minimum Gasteiger partial charge on any atom is -0.481 e. The number of nitrogens with zero attached hydrogens (tertiary/aromatic N) is 1. The SMILES string of the molecule is CC(C)(CN1CCC(c2ccc(N)cc2)CC1)C(=O)O. The second-order valence-electron chi connectivity index (χ2n) is 6.41. The van der Waals surface area contributed by atoms with Crippen LogP contribution < -0.4 is 5.73 Å². The molecule has 2 rings (SSSR count). The average Bonchev–Trinajstić information content (AvgIpc) is 2.40. The monoisotopic (exact) mass is 276 g/mol. The molecule has 1 heterocycles. The molecule has 0 amide bonds. The fourth-order valence-electron chi connectivity index (χ4n) is 2.82. The van der Waals surface area contributed by atoms with Gasteiger partial charge in [0, 0.05) is 12.2 Å². The largest absolute Gasteiger partial charge is 0.481 e. The maximum Gasteiger partial charge on any atom is 0.310 e. The van der Waals surface area contributed by atoms with Crippen molar-refractivity contribution in [1.82, 2.24) is 4.90 Å². The van der Waals surface area contributed by atoms with E-state index in [9.17, 15) is 9.90 Å². The maximum absolute atomic E-state index is 11.2. The highest BCUT2D eigenvalue weighted by Crippen LogP contribution is 2.30. The van der Waals surface area contributed by atoms with Crippen molar-refractivity contribution in [1.29, 1.82) is 0 Å². The number of carboxylic acids is 1. The van der Waals surface area contributed by atoms with E-state index in [1.54, 1.807) is 13.8 Å². The molecule has 1 saturated heterocycles. The van der Waals surface area contributed by atoms with E-state index < -0.39 is 11.4 Å². The Morgan fingerprint density at radius 2 is 1.85 bits per heavy atom. The molecule has 0 radical (unpaired) electrons. The van der Waals surface area contributed by atoms with Gasteiger partial charge in [-0.1, -0.05) is 12.1 Å². The predicted octanol–water partition coefficient (Wildman–Crippen LogP) is 2.56. The first kappa shape index (κ1) is 14.9. The van der Waals surface area contributed by atoms with E-state index in [4.69, 9.17) is 5.73 Å². The van der Waals surface area contributed by atoms with E-state index in [2.05, 4.69) is 17.0 Å². The summed E-state index contributed by atoms with van der Waals surface area (Å²) >= 11 is 0. The summed E-state index contributed by atoms with van der Waals surface area (Å²) in [6.45, 7) is 6.14. The van der Waals surface area contributed by atoms with Crippen LogP contribution in [0.3, 0.4) is 0 Å². The topological polar surface area (TPSA) is 66.6 Å². The van der Waals surface area contributed by atoms with Crippen LogP contribution in [0.25, 0.3) is 0 Å². The van der Waals surface area contributed by atoms with Crippen LogP contribution in [0, 0.1) is 5.41 Å². The van der Waals surface area contributed by atoms with Crippen molar-refractivity contribution in [2.75, 3.05) is 25.4 Å². The summed E-state index contributed by atoms with van der Waals surface area (Å²) in [5.41, 5.74) is 7.18. The molecule has 1 aliphatic rings. The molecule has 0 bridgehead atoms. The lowest BCUT2D eigenvalue weighted by atomic mass is 9.87. The number of aliphatic carboxylic acids is 1. The van der Waals surface area contributed by atoms with E-state index in [1.807, 2.05) is 12.1 Å². The first-order chi connectivity index (χ1) is 9.38. The first-order valence-corrected chi connectivity index (χ1v) is 7.20. The van der Waals surface area contributed by atoms with E-state index in [-0.39, 0.29) is 0 Å². The zero-order valence-corrected chi connectivity index (χ0v) is 12.3. The van der Waals surface area contributed by atoms with Crippen LogP contribution >= 0.6 is 0 Å². The molecule has 0 saturated carbocycles. The second kappa shape index (κ2) is 5.83. The lowest BCUT2D eigenvalue weighted by Crippen LogP contribution is -2.42. The Balaban J connectivity index is 1.89. The number of piperidine rings is 1. The van der Waals surface area contributed by atoms with Gasteiger partial charge in [0.2, 0.25) is 0 Å². The van der Waals surface area contributed by atoms with Crippen LogP contribution in [-0.2, 0) is 4.79 Å². The molecule has 1 fully saturated rings. The second-order valence-corrected chi connectivity index (χ2v) is 6.41. The van der Waals surface area contributed by atoms with Gasteiger partial charge >= 0.3 is 5.97 Å². The Labute approximate surface area is 120 Å². The summed E-state index contributed by atoms with van der Waals surface area (Å²) in [5, 5.41) is 9.19. The predicted molar refractivity (Wildman–Crippen MR) is 80.7 cm³/mol. The molecule has 3 N–H and O–H groups in total. The van der Waals surface area contributed by atoms with Crippen LogP contribution in [0.1, 0.15) is 38.2 Å². The highest BCUT2D eigenvalue weighted by atomic mass is 16.4. The van der Waals surface area contributed by atoms with Crippen LogP contribution in [0.5, 0.6) is 0 Å². The van der Waals surface area contributed by atoms with Gasteiger partial charge in [0.05, 0.1) is 5.41 Å². The molecule has 0 atom stereocenters. The Bertz CT molecular complexity index is 460. The molecule has 0 spiro atoms. The number of nitrogen functional groups attached to an aromatic ring is 1. The van der Waals surface area contributed by atoms with Gasteiger partial charge in [-0.3, -0.25) is 4.79 Å². The lowest BCUT2D eigenvalue weighted by Gasteiger charge is -2.35. The van der Waals surface area contributed by atoms with Gasteiger partial charge in [-0.15, -0.1) is 0 Å². The van der Waals surface area contributed by atoms with E-state index in [0.717, 1.165) is 31.6 Å². The van der Waals surface area contributed by atoms with Crippen molar-refractivity contribution in [2.45, 2.75) is 32.6 Å². The van der Waals surface area contributed by atoms with Crippen LogP contribution in [0.4, 0.5) is 5.69 Å². The third-order valence-corrected chi connectivity index (χ3v) is 4.19. The first-order valence-electron chi connectivity index (χ1n) is 7.20. The van der Waals surface area contributed by atoms with Crippen molar-refractivity contribution >= 4 is 11.7 Å². The molecule has 20 heavy (non-hydrogen) atoms. The van der Waals surface area contributed by atoms with E-state index in [1.165, 1.54) is 5.56 Å². The third-order valence-electron chi connectivity index (χ3n) is 4.19. The number of anilines is 1. The Morgan fingerprint density at radius 1 is 1.30 bits per heavy atom. The normalized spacial score (nSPS) is 18.1. The quantitative estimate of drug-likeness (QED) is 0.829. The summed E-state index contributed by atoms with van der Waals surface area (Å²) < 4.78 is 0. The smallest absolute Gasteiger partial charge is 0.310 e. The molecule has 4 heteroatoms. The van der Waals surface area contributed by atoms with Gasteiger partial charge in [0.1, 0.15) is 0 Å². The molecular formula is C16H24N2O2. The number of likely N-dealkylation sites (tertiary alicyclic amines) is 1. The minimum absolute atomic E-state index is 0.569. The fraction of sp³-hybridized carbons (Fsp3) is 0.562. The summed E-state index contributed by atoms with van der Waals surface area (Å²) in [7, 11) is 0. The molecule has 1 aromatic rings. The van der Waals surface area contributed by atoms with Gasteiger partial charge in [-0.25, -0.2) is 0 Å². The fourth-order valence-corrected chi connectivity index (χ4v) is 2.82. The molecule has 110 valence electrons. The number of hydrogen-bond acceptors (Lipinski definition) is 3. The molecular weight excluding hydrogens is 252 g/mol. The lowest BCUT2D eigenvalue weighted by molar-refractivity contribution is -0.148. The van der Waals surface area contributed by atoms with Gasteiger partial charge < -0.3 is 15.7 Å². The van der Waals surface area contributed by atoms with Crippen molar-refractivity contribution in [3.8, 4) is 0 Å². The molecule has 0 aliphatic carbocycles. The van der Waals surface area contributed by atoms with Crippen molar-refractivity contribution in [2.24, 2.45) is 5.41 Å². The number of hydrogen-bond donors (Lipinski definition) is 2. The maximum atomic E-state index is 11.2. The summed E-state index contributed by atoms with van der Waals surface area (Å²) in [6.07, 6.45) is 2.17. The summed E-state index contributed by atoms with van der Waals surface area (Å²) in [4.78, 5) is 13.4. The van der Waals surface area contributed by atoms with Crippen LogP contribution in [0.2, 0.25) is 0 Å². The van der Waals surface area contributed by atoms with Crippen molar-refractivity contribution in [3.63, 3.8) is 0 Å². The van der Waals surface area contributed by atoms with Crippen molar-refractivity contribution in [3.05, 3.63) is 29.8 Å².